The lowest BCUT2D eigenvalue weighted by Gasteiger charge is -2.12. The van der Waals surface area contributed by atoms with Crippen molar-refractivity contribution < 1.29 is 18.3 Å². The van der Waals surface area contributed by atoms with Gasteiger partial charge in [-0.05, 0) is 25.1 Å². The van der Waals surface area contributed by atoms with E-state index in [-0.39, 0.29) is 6.54 Å². The summed E-state index contributed by atoms with van der Waals surface area (Å²) in [6, 6.07) is 8.89. The first kappa shape index (κ1) is 15.1. The Kier molecular flexibility index (Phi) is 4.98. The van der Waals surface area contributed by atoms with E-state index in [4.69, 9.17) is 9.47 Å². The Bertz CT molecular complexity index is 617. The lowest BCUT2D eigenvalue weighted by Crippen LogP contribution is -2.03. The molecule has 2 rings (SSSR count). The number of methoxy groups -OCH3 is 1. The molecule has 2 aromatic carbocycles. The van der Waals surface area contributed by atoms with Gasteiger partial charge in [0.25, 0.3) is 0 Å². The number of rotatable bonds is 6. The van der Waals surface area contributed by atoms with Crippen LogP contribution < -0.4 is 14.8 Å². The monoisotopic (exact) mass is 293 g/mol. The third-order valence-electron chi connectivity index (χ3n) is 2.96. The first-order valence-corrected chi connectivity index (χ1v) is 6.62. The summed E-state index contributed by atoms with van der Waals surface area (Å²) in [6.45, 7) is 2.69. The highest BCUT2D eigenvalue weighted by atomic mass is 19.1. The van der Waals surface area contributed by atoms with E-state index in [1.807, 2.05) is 13.0 Å². The third kappa shape index (κ3) is 3.84. The predicted molar refractivity (Wildman–Crippen MR) is 77.8 cm³/mol. The Morgan fingerprint density at radius 1 is 1.05 bits per heavy atom. The van der Waals surface area contributed by atoms with Crippen LogP contribution in [0.4, 0.5) is 14.5 Å². The summed E-state index contributed by atoms with van der Waals surface area (Å²) in [5, 5.41) is 3.07. The molecule has 0 saturated carbocycles. The molecule has 1 N–H and O–H groups in total. The van der Waals surface area contributed by atoms with Crippen molar-refractivity contribution in [3.8, 4) is 11.5 Å². The number of nitrogens with one attached hydrogen (secondary N) is 1. The van der Waals surface area contributed by atoms with E-state index in [2.05, 4.69) is 5.32 Å². The maximum absolute atomic E-state index is 13.5. The van der Waals surface area contributed by atoms with Crippen molar-refractivity contribution in [2.24, 2.45) is 0 Å². The minimum Gasteiger partial charge on any atom is -0.493 e. The van der Waals surface area contributed by atoms with Crippen molar-refractivity contribution in [3.63, 3.8) is 0 Å². The molecule has 2 aromatic rings. The topological polar surface area (TPSA) is 30.5 Å². The average molecular weight is 293 g/mol. The van der Waals surface area contributed by atoms with Crippen molar-refractivity contribution in [2.45, 2.75) is 13.5 Å². The normalized spacial score (nSPS) is 10.3. The van der Waals surface area contributed by atoms with Gasteiger partial charge in [0, 0.05) is 29.9 Å². The molecule has 0 aliphatic carbocycles. The van der Waals surface area contributed by atoms with Gasteiger partial charge in [-0.1, -0.05) is 6.07 Å². The molecule has 0 saturated heterocycles. The van der Waals surface area contributed by atoms with E-state index in [1.54, 1.807) is 19.2 Å². The van der Waals surface area contributed by atoms with E-state index in [0.717, 1.165) is 11.8 Å². The maximum atomic E-state index is 13.5. The number of anilines is 1. The van der Waals surface area contributed by atoms with Crippen LogP contribution in [0, 0.1) is 11.6 Å². The summed E-state index contributed by atoms with van der Waals surface area (Å²) < 4.78 is 37.0. The second-order valence-corrected chi connectivity index (χ2v) is 4.39. The van der Waals surface area contributed by atoms with Crippen LogP contribution in [0.2, 0.25) is 0 Å². The summed E-state index contributed by atoms with van der Waals surface area (Å²) in [6.07, 6.45) is 0. The van der Waals surface area contributed by atoms with E-state index in [1.165, 1.54) is 12.1 Å². The van der Waals surface area contributed by atoms with E-state index >= 15 is 0 Å². The lowest BCUT2D eigenvalue weighted by atomic mass is 10.2. The van der Waals surface area contributed by atoms with Crippen LogP contribution in [0.3, 0.4) is 0 Å². The molecule has 112 valence electrons. The van der Waals surface area contributed by atoms with Gasteiger partial charge in [-0.3, -0.25) is 0 Å². The third-order valence-corrected chi connectivity index (χ3v) is 2.96. The van der Waals surface area contributed by atoms with E-state index < -0.39 is 11.6 Å². The largest absolute Gasteiger partial charge is 0.493 e. The van der Waals surface area contributed by atoms with Crippen LogP contribution in [0.25, 0.3) is 0 Å². The molecule has 0 aliphatic rings. The zero-order chi connectivity index (χ0) is 15.2. The van der Waals surface area contributed by atoms with Gasteiger partial charge in [-0.2, -0.15) is 0 Å². The van der Waals surface area contributed by atoms with Crippen LogP contribution in [0.1, 0.15) is 12.5 Å². The zero-order valence-corrected chi connectivity index (χ0v) is 12.0. The molecule has 3 nitrogen and oxygen atoms in total. The second kappa shape index (κ2) is 6.92. The van der Waals surface area contributed by atoms with Gasteiger partial charge in [0.05, 0.1) is 13.7 Å². The van der Waals surface area contributed by atoms with Crippen molar-refractivity contribution >= 4 is 5.69 Å². The molecule has 0 spiro atoms. The van der Waals surface area contributed by atoms with Crippen molar-refractivity contribution in [1.29, 1.82) is 0 Å². The molecule has 5 heteroatoms. The number of ether oxygens (including phenoxy) is 2. The lowest BCUT2D eigenvalue weighted by molar-refractivity contribution is 0.311. The molecule has 0 radical (unpaired) electrons. The van der Waals surface area contributed by atoms with Crippen molar-refractivity contribution in [1.82, 2.24) is 0 Å². The molecular formula is C16H17F2NO2. The number of hydrogen-bond acceptors (Lipinski definition) is 3. The summed E-state index contributed by atoms with van der Waals surface area (Å²) in [7, 11) is 1.56. The molecule has 0 aliphatic heterocycles. The smallest absolute Gasteiger partial charge is 0.162 e. The fourth-order valence-electron chi connectivity index (χ4n) is 1.91. The number of hydrogen-bond donors (Lipinski definition) is 1. The first-order chi connectivity index (χ1) is 10.1. The van der Waals surface area contributed by atoms with Gasteiger partial charge in [-0.15, -0.1) is 0 Å². The molecule has 0 atom stereocenters. The van der Waals surface area contributed by atoms with Gasteiger partial charge in [0.1, 0.15) is 11.6 Å². The van der Waals surface area contributed by atoms with Crippen LogP contribution in [-0.2, 0) is 6.54 Å². The highest BCUT2D eigenvalue weighted by Crippen LogP contribution is 2.30. The molecule has 0 aromatic heterocycles. The Hall–Kier alpha value is -2.30. The summed E-state index contributed by atoms with van der Waals surface area (Å²) in [5.41, 5.74) is 1.16. The molecule has 0 amide bonds. The minimum atomic E-state index is -0.584. The van der Waals surface area contributed by atoms with Crippen LogP contribution in [-0.4, -0.2) is 13.7 Å². The Balaban J connectivity index is 2.09. The molecular weight excluding hydrogens is 276 g/mol. The zero-order valence-electron chi connectivity index (χ0n) is 12.0. The van der Waals surface area contributed by atoms with Crippen LogP contribution in [0.5, 0.6) is 11.5 Å². The van der Waals surface area contributed by atoms with Gasteiger partial charge in [0.15, 0.2) is 11.5 Å². The van der Waals surface area contributed by atoms with Gasteiger partial charge in [0.2, 0.25) is 0 Å². The quantitative estimate of drug-likeness (QED) is 0.873. The van der Waals surface area contributed by atoms with E-state index in [9.17, 15) is 8.78 Å². The van der Waals surface area contributed by atoms with Crippen LogP contribution in [0.15, 0.2) is 36.4 Å². The van der Waals surface area contributed by atoms with Gasteiger partial charge < -0.3 is 14.8 Å². The van der Waals surface area contributed by atoms with Gasteiger partial charge >= 0.3 is 0 Å². The number of benzene rings is 2. The minimum absolute atomic E-state index is 0.253. The SMILES string of the molecule is CCOc1ccc(NCc2ccc(F)cc2F)cc1OC. The fourth-order valence-corrected chi connectivity index (χ4v) is 1.91. The predicted octanol–water partition coefficient (Wildman–Crippen LogP) is 3.98. The van der Waals surface area contributed by atoms with Crippen molar-refractivity contribution in [2.75, 3.05) is 19.0 Å². The first-order valence-electron chi connectivity index (χ1n) is 6.62. The summed E-state index contributed by atoms with van der Waals surface area (Å²) in [5.74, 6) is 0.0966. The Morgan fingerprint density at radius 2 is 1.86 bits per heavy atom. The molecule has 0 heterocycles. The number of halogens is 2. The summed E-state index contributed by atoms with van der Waals surface area (Å²) in [4.78, 5) is 0. The highest BCUT2D eigenvalue weighted by Gasteiger charge is 2.07. The van der Waals surface area contributed by atoms with Crippen molar-refractivity contribution in [3.05, 3.63) is 53.6 Å². The maximum Gasteiger partial charge on any atom is 0.162 e. The molecule has 0 bridgehead atoms. The summed E-state index contributed by atoms with van der Waals surface area (Å²) >= 11 is 0. The van der Waals surface area contributed by atoms with Gasteiger partial charge in [-0.25, -0.2) is 8.78 Å². The molecule has 21 heavy (non-hydrogen) atoms. The Labute approximate surface area is 122 Å². The standard InChI is InChI=1S/C16H17F2NO2/c1-3-21-15-7-6-13(9-16(15)20-2)19-10-11-4-5-12(17)8-14(11)18/h4-9,19H,3,10H2,1-2H3. The van der Waals surface area contributed by atoms with Crippen LogP contribution >= 0.6 is 0 Å². The molecule has 0 unspecified atom stereocenters. The fraction of sp³-hybridized carbons (Fsp3) is 0.250. The Morgan fingerprint density at radius 3 is 2.52 bits per heavy atom. The van der Waals surface area contributed by atoms with E-state index in [0.29, 0.717) is 23.7 Å². The second-order valence-electron chi connectivity index (χ2n) is 4.39. The average Bonchev–Trinajstić information content (AvgIpc) is 2.47. The highest BCUT2D eigenvalue weighted by molar-refractivity contribution is 5.55. The molecule has 0 fully saturated rings.